The molecule has 108 valence electrons. The van der Waals surface area contributed by atoms with Gasteiger partial charge in [0.1, 0.15) is 4.49 Å². The molecule has 0 aromatic heterocycles. The maximum absolute atomic E-state index is 5.89. The first-order chi connectivity index (χ1) is 7.60. The van der Waals surface area contributed by atoms with E-state index in [9.17, 15) is 0 Å². The third kappa shape index (κ3) is 3.94. The summed E-state index contributed by atoms with van der Waals surface area (Å²) in [5, 5.41) is -0.543. The van der Waals surface area contributed by atoms with Gasteiger partial charge in [0.2, 0.25) is 8.13 Å². The van der Waals surface area contributed by atoms with Gasteiger partial charge in [0.25, 0.3) is 0 Å². The van der Waals surface area contributed by atoms with Gasteiger partial charge >= 0.3 is 0 Å². The van der Waals surface area contributed by atoms with Crippen molar-refractivity contribution < 1.29 is 0 Å². The van der Waals surface area contributed by atoms with Crippen LogP contribution in [0.3, 0.4) is 0 Å². The van der Waals surface area contributed by atoms with Gasteiger partial charge < -0.3 is 0 Å². The predicted molar refractivity (Wildman–Crippen MR) is 88.2 cm³/mol. The Morgan fingerprint density at radius 1 is 0.556 bits per heavy atom. The Balaban J connectivity index is 5.88. The highest BCUT2D eigenvalue weighted by molar-refractivity contribution is 6.81. The molecule has 0 aliphatic heterocycles. The normalized spacial score (nSPS) is 14.7. The van der Waals surface area contributed by atoms with Crippen molar-refractivity contribution in [2.75, 3.05) is 0 Å². The van der Waals surface area contributed by atoms with Gasteiger partial charge in [-0.2, -0.15) is 0 Å². The van der Waals surface area contributed by atoms with E-state index in [1.807, 2.05) is 0 Å². The zero-order chi connectivity index (χ0) is 15.2. The van der Waals surface area contributed by atoms with Crippen LogP contribution in [0.1, 0.15) is 0 Å². The Morgan fingerprint density at radius 3 is 1.11 bits per heavy atom. The standard InChI is InChI=1S/C6Cl12/c7-1(2(8)9)3(10,11)4(12,13)5(14,15)6(16,17)18. The first kappa shape index (κ1) is 21.2. The van der Waals surface area contributed by atoms with Gasteiger partial charge in [-0.05, 0) is 0 Å². The van der Waals surface area contributed by atoms with E-state index >= 15 is 0 Å². The van der Waals surface area contributed by atoms with Crippen LogP contribution in [0.4, 0.5) is 0 Å². The molecule has 0 spiro atoms. The number of rotatable bonds is 3. The van der Waals surface area contributed by atoms with Gasteiger partial charge in [0, 0.05) is 0 Å². The summed E-state index contributed by atoms with van der Waals surface area (Å²) in [6.07, 6.45) is 0. The quantitative estimate of drug-likeness (QED) is 0.350. The molecule has 0 saturated heterocycles. The van der Waals surface area contributed by atoms with E-state index in [-0.39, 0.29) is 0 Å². The Morgan fingerprint density at radius 2 is 0.889 bits per heavy atom. The lowest BCUT2D eigenvalue weighted by Crippen LogP contribution is -2.56. The maximum atomic E-state index is 5.89. The fourth-order valence-corrected chi connectivity index (χ4v) is 3.48. The van der Waals surface area contributed by atoms with Gasteiger partial charge in [-0.1, -0.05) is 139 Å². The summed E-state index contributed by atoms with van der Waals surface area (Å²) in [6, 6.07) is 0. The summed E-state index contributed by atoms with van der Waals surface area (Å²) in [4.78, 5) is 0. The molecule has 0 radical (unpaired) electrons. The van der Waals surface area contributed by atoms with E-state index < -0.39 is 26.3 Å². The minimum absolute atomic E-state index is 0.513. The van der Waals surface area contributed by atoms with Crippen LogP contribution >= 0.6 is 139 Å². The van der Waals surface area contributed by atoms with E-state index in [1.165, 1.54) is 0 Å². The Kier molecular flexibility index (Phi) is 7.98. The van der Waals surface area contributed by atoms with E-state index in [4.69, 9.17) is 139 Å². The highest BCUT2D eigenvalue weighted by atomic mass is 35.6. The van der Waals surface area contributed by atoms with Gasteiger partial charge in [-0.15, -0.1) is 0 Å². The SMILES string of the molecule is ClC(Cl)=C(Cl)C(Cl)(Cl)C(Cl)(Cl)C(Cl)(Cl)C(Cl)(Cl)Cl. The number of halogens is 12. The molecule has 0 atom stereocenters. The molecule has 0 aliphatic carbocycles. The summed E-state index contributed by atoms with van der Waals surface area (Å²) >= 11 is 68.3. The largest absolute Gasteiger partial charge is 0.226 e. The number of allylic oxidation sites excluding steroid dienone is 1. The van der Waals surface area contributed by atoms with Crippen molar-refractivity contribution in [2.45, 2.75) is 16.8 Å². The monoisotopic (exact) mass is 492 g/mol. The van der Waals surface area contributed by atoms with Gasteiger partial charge in [-0.3, -0.25) is 0 Å². The van der Waals surface area contributed by atoms with E-state index in [2.05, 4.69) is 0 Å². The fraction of sp³-hybridized carbons (Fsp3) is 0.667. The van der Waals surface area contributed by atoms with Crippen molar-refractivity contribution in [1.82, 2.24) is 0 Å². The van der Waals surface area contributed by atoms with Crippen LogP contribution in [0, 0.1) is 0 Å². The van der Waals surface area contributed by atoms with Gasteiger partial charge in [-0.25, -0.2) is 0 Å². The van der Waals surface area contributed by atoms with Crippen LogP contribution in [0.15, 0.2) is 9.52 Å². The fourth-order valence-electron chi connectivity index (χ4n) is 0.632. The molecule has 0 nitrogen and oxygen atoms in total. The molecule has 0 rings (SSSR count). The summed E-state index contributed by atoms with van der Waals surface area (Å²) in [5.74, 6) is 0. The second-order valence-electron chi connectivity index (χ2n) is 2.80. The molecule has 18 heavy (non-hydrogen) atoms. The molecule has 0 saturated carbocycles. The van der Waals surface area contributed by atoms with Crippen LogP contribution in [-0.4, -0.2) is 16.8 Å². The van der Waals surface area contributed by atoms with Crippen LogP contribution in [0.5, 0.6) is 0 Å². The molecule has 0 amide bonds. The smallest absolute Gasteiger partial charge is 0.0943 e. The molecule has 0 bridgehead atoms. The predicted octanol–water partition coefficient (Wildman–Crippen LogP) is 7.76. The van der Waals surface area contributed by atoms with Crippen molar-refractivity contribution in [3.05, 3.63) is 9.52 Å². The highest BCUT2D eigenvalue weighted by Crippen LogP contribution is 2.64. The molecule has 0 N–H and O–H groups in total. The first-order valence-corrected chi connectivity index (χ1v) is 8.05. The van der Waals surface area contributed by atoms with Crippen LogP contribution in [-0.2, 0) is 0 Å². The molecule has 0 heterocycles. The molecule has 12 heteroatoms. The lowest BCUT2D eigenvalue weighted by Gasteiger charge is -2.43. The Bertz CT molecular complexity index is 342. The summed E-state index contributed by atoms with van der Waals surface area (Å²) in [7, 11) is 0. The lowest BCUT2D eigenvalue weighted by atomic mass is 10.2. The second kappa shape index (κ2) is 6.77. The maximum Gasteiger partial charge on any atom is 0.226 e. The third-order valence-electron chi connectivity index (χ3n) is 1.59. The third-order valence-corrected chi connectivity index (χ3v) is 8.24. The van der Waals surface area contributed by atoms with E-state index in [0.717, 1.165) is 0 Å². The molecule has 0 unspecified atom stereocenters. The van der Waals surface area contributed by atoms with Crippen LogP contribution < -0.4 is 0 Å². The Hall–Kier alpha value is 3.22. The molecule has 0 fully saturated rings. The number of hydrogen-bond acceptors (Lipinski definition) is 0. The highest BCUT2D eigenvalue weighted by Gasteiger charge is 2.69. The molecule has 0 aromatic rings. The summed E-state index contributed by atoms with van der Waals surface area (Å²) < 4.78 is -10.1. The van der Waals surface area contributed by atoms with Crippen molar-refractivity contribution in [2.24, 2.45) is 0 Å². The molecule has 0 aromatic carbocycles. The van der Waals surface area contributed by atoms with Crippen molar-refractivity contribution >= 4 is 139 Å². The second-order valence-corrected chi connectivity index (χ2v) is 10.4. The summed E-state index contributed by atoms with van der Waals surface area (Å²) in [5.41, 5.74) is 0. The van der Waals surface area contributed by atoms with Gasteiger partial charge in [0.15, 0.2) is 8.67 Å². The van der Waals surface area contributed by atoms with Crippen molar-refractivity contribution in [3.8, 4) is 0 Å². The minimum atomic E-state index is -2.47. The Labute approximate surface area is 164 Å². The van der Waals surface area contributed by atoms with E-state index in [1.54, 1.807) is 0 Å². The number of hydrogen-bond donors (Lipinski definition) is 0. The molecular weight excluding hydrogens is 498 g/mol. The average molecular weight is 498 g/mol. The minimum Gasteiger partial charge on any atom is -0.0943 e. The van der Waals surface area contributed by atoms with Crippen molar-refractivity contribution in [1.29, 1.82) is 0 Å². The first-order valence-electron chi connectivity index (χ1n) is 3.52. The zero-order valence-electron chi connectivity index (χ0n) is 7.54. The molecule has 0 aliphatic rings. The average Bonchev–Trinajstić information content (AvgIpc) is 2.13. The van der Waals surface area contributed by atoms with Gasteiger partial charge in [0.05, 0.1) is 5.03 Å². The van der Waals surface area contributed by atoms with Crippen LogP contribution in [0.2, 0.25) is 0 Å². The lowest BCUT2D eigenvalue weighted by molar-refractivity contribution is 0.637. The van der Waals surface area contributed by atoms with Crippen LogP contribution in [0.25, 0.3) is 0 Å². The van der Waals surface area contributed by atoms with Crippen molar-refractivity contribution in [3.63, 3.8) is 0 Å². The molecular formula is C6Cl12. The van der Waals surface area contributed by atoms with E-state index in [0.29, 0.717) is 0 Å². The number of alkyl halides is 9. The summed E-state index contributed by atoms with van der Waals surface area (Å²) in [6.45, 7) is 0. The zero-order valence-corrected chi connectivity index (χ0v) is 16.6. The topological polar surface area (TPSA) is 0 Å².